The van der Waals surface area contributed by atoms with Crippen LogP contribution in [0.5, 0.6) is 0 Å². The van der Waals surface area contributed by atoms with E-state index in [1.54, 1.807) is 0 Å². The Kier molecular flexibility index (Phi) is 4.16. The summed E-state index contributed by atoms with van der Waals surface area (Å²) < 4.78 is 0. The summed E-state index contributed by atoms with van der Waals surface area (Å²) in [4.78, 5) is 20.0. The standard InChI is InChI=1S/C28H32N4/c1-25(2)15-19-20-16-26(3,4)24(32-20)28(7,8)22-14-18(10-12-30-22)17-9-11-29-21(13-17)27(5,6)23(25)31-19/h9-16H,1-8H3. The highest BCUT2D eigenvalue weighted by Crippen LogP contribution is 2.46. The van der Waals surface area contributed by atoms with Crippen molar-refractivity contribution in [1.29, 1.82) is 0 Å². The van der Waals surface area contributed by atoms with E-state index in [9.17, 15) is 0 Å². The van der Waals surface area contributed by atoms with Gasteiger partial charge in [0.2, 0.25) is 0 Å². The molecule has 0 fully saturated rings. The minimum atomic E-state index is -0.321. The molecule has 2 aromatic heterocycles. The molecule has 8 bridgehead atoms. The number of rotatable bonds is 0. The number of hydrogen-bond donors (Lipinski definition) is 0. The van der Waals surface area contributed by atoms with E-state index in [1.165, 1.54) is 0 Å². The quantitative estimate of drug-likeness (QED) is 0.488. The van der Waals surface area contributed by atoms with Crippen LogP contribution in [0.1, 0.15) is 66.8 Å². The first-order valence-electron chi connectivity index (χ1n) is 11.4. The minimum absolute atomic E-state index is 0.186. The van der Waals surface area contributed by atoms with E-state index in [0.29, 0.717) is 0 Å². The molecule has 0 aliphatic carbocycles. The first-order valence-corrected chi connectivity index (χ1v) is 11.4. The van der Waals surface area contributed by atoms with Crippen molar-refractivity contribution in [3.63, 3.8) is 0 Å². The van der Waals surface area contributed by atoms with E-state index < -0.39 is 0 Å². The van der Waals surface area contributed by atoms with E-state index in [0.717, 1.165) is 45.3 Å². The van der Waals surface area contributed by atoms with E-state index in [-0.39, 0.29) is 21.7 Å². The number of aliphatic imine (C=N–C) groups is 2. The van der Waals surface area contributed by atoms with Crippen LogP contribution in [0.4, 0.5) is 0 Å². The van der Waals surface area contributed by atoms with E-state index in [1.807, 2.05) is 12.4 Å². The third-order valence-electron chi connectivity index (χ3n) is 7.26. The zero-order chi connectivity index (χ0) is 23.1. The molecule has 5 rings (SSSR count). The van der Waals surface area contributed by atoms with Crippen LogP contribution in [-0.4, -0.2) is 21.4 Å². The Morgan fingerprint density at radius 2 is 0.938 bits per heavy atom. The Morgan fingerprint density at radius 3 is 1.31 bits per heavy atom. The minimum Gasteiger partial charge on any atom is -0.260 e. The van der Waals surface area contributed by atoms with Crippen LogP contribution in [0, 0.1) is 10.8 Å². The smallest absolute Gasteiger partial charge is 0.0852 e. The molecule has 5 heterocycles. The molecule has 0 aromatic carbocycles. The van der Waals surface area contributed by atoms with Crippen LogP contribution in [-0.2, 0) is 10.8 Å². The normalized spacial score (nSPS) is 23.5. The molecule has 32 heavy (non-hydrogen) atoms. The van der Waals surface area contributed by atoms with E-state index in [4.69, 9.17) is 20.0 Å². The highest BCUT2D eigenvalue weighted by molar-refractivity contribution is 6.05. The highest BCUT2D eigenvalue weighted by Gasteiger charge is 2.45. The lowest BCUT2D eigenvalue weighted by molar-refractivity contribution is 0.580. The summed E-state index contributed by atoms with van der Waals surface area (Å²) in [6.45, 7) is 17.9. The predicted molar refractivity (Wildman–Crippen MR) is 132 cm³/mol. The van der Waals surface area contributed by atoms with Crippen LogP contribution in [0.2, 0.25) is 0 Å². The second-order valence-corrected chi connectivity index (χ2v) is 11.5. The monoisotopic (exact) mass is 424 g/mol. The molecule has 0 amide bonds. The van der Waals surface area contributed by atoms with Gasteiger partial charge in [-0.1, -0.05) is 27.7 Å². The Morgan fingerprint density at radius 1 is 0.562 bits per heavy atom. The summed E-state index contributed by atoms with van der Waals surface area (Å²) in [5.74, 6) is 0. The zero-order valence-corrected chi connectivity index (χ0v) is 20.4. The number of aromatic nitrogens is 2. The average Bonchev–Trinajstić information content (AvgIpc) is 3.23. The second kappa shape index (κ2) is 6.34. The zero-order valence-electron chi connectivity index (χ0n) is 20.4. The van der Waals surface area contributed by atoms with Crippen LogP contribution in [0.25, 0.3) is 11.1 Å². The highest BCUT2D eigenvalue weighted by atomic mass is 14.9. The van der Waals surface area contributed by atoms with Crippen LogP contribution >= 0.6 is 0 Å². The van der Waals surface area contributed by atoms with Gasteiger partial charge in [-0.25, -0.2) is 0 Å². The number of hydrogen-bond acceptors (Lipinski definition) is 4. The lowest BCUT2D eigenvalue weighted by atomic mass is 9.71. The van der Waals surface area contributed by atoms with Crippen molar-refractivity contribution >= 4 is 11.4 Å². The maximum Gasteiger partial charge on any atom is 0.0852 e. The molecule has 0 radical (unpaired) electrons. The maximum atomic E-state index is 5.20. The molecule has 3 aliphatic rings. The van der Waals surface area contributed by atoms with Gasteiger partial charge < -0.3 is 0 Å². The molecule has 3 aliphatic heterocycles. The summed E-state index contributed by atoms with van der Waals surface area (Å²) in [5, 5.41) is 0. The van der Waals surface area contributed by atoms with Gasteiger partial charge in [-0.2, -0.15) is 0 Å². The summed E-state index contributed by atoms with van der Waals surface area (Å²) in [7, 11) is 0. The fourth-order valence-electron chi connectivity index (χ4n) is 5.71. The fourth-order valence-corrected chi connectivity index (χ4v) is 5.71. The molecular formula is C28H32N4. The molecule has 2 aromatic rings. The Labute approximate surface area is 191 Å². The molecule has 0 N–H and O–H groups in total. The fraction of sp³-hybridized carbons (Fsp3) is 0.429. The molecular weight excluding hydrogens is 392 g/mol. The summed E-state index contributed by atoms with van der Waals surface area (Å²) >= 11 is 0. The topological polar surface area (TPSA) is 50.5 Å². The van der Waals surface area contributed by atoms with Crippen molar-refractivity contribution in [2.75, 3.05) is 0 Å². The predicted octanol–water partition coefficient (Wildman–Crippen LogP) is 6.44. The third kappa shape index (κ3) is 2.96. The van der Waals surface area contributed by atoms with Crippen LogP contribution in [0.3, 0.4) is 0 Å². The van der Waals surface area contributed by atoms with Crippen molar-refractivity contribution in [3.05, 3.63) is 71.6 Å². The van der Waals surface area contributed by atoms with Crippen molar-refractivity contribution < 1.29 is 0 Å². The van der Waals surface area contributed by atoms with Crippen molar-refractivity contribution in [1.82, 2.24) is 9.97 Å². The van der Waals surface area contributed by atoms with Gasteiger partial charge in [0.1, 0.15) is 0 Å². The van der Waals surface area contributed by atoms with Crippen molar-refractivity contribution in [2.24, 2.45) is 20.8 Å². The largest absolute Gasteiger partial charge is 0.260 e. The average molecular weight is 425 g/mol. The van der Waals surface area contributed by atoms with Crippen molar-refractivity contribution in [2.45, 2.75) is 66.2 Å². The molecule has 0 atom stereocenters. The summed E-state index contributed by atoms with van der Waals surface area (Å²) in [6.07, 6.45) is 8.38. The Hall–Kier alpha value is -2.88. The molecule has 164 valence electrons. The Bertz CT molecular complexity index is 1170. The van der Waals surface area contributed by atoms with E-state index >= 15 is 0 Å². The molecule has 0 saturated heterocycles. The SMILES string of the molecule is CC1(C)C=C2N=C1C(C)(C)c1cc(ccn1)-c1ccnc(c1)C(C)(C)C1=NC2=CC1(C)C. The first kappa shape index (κ1) is 21.0. The van der Waals surface area contributed by atoms with Gasteiger partial charge in [0.15, 0.2) is 0 Å². The molecule has 4 nitrogen and oxygen atoms in total. The molecule has 4 heteroatoms. The molecule has 0 saturated carbocycles. The maximum absolute atomic E-state index is 5.20. The second-order valence-electron chi connectivity index (χ2n) is 11.5. The van der Waals surface area contributed by atoms with Gasteiger partial charge in [0, 0.05) is 45.5 Å². The van der Waals surface area contributed by atoms with Gasteiger partial charge in [-0.15, -0.1) is 0 Å². The molecule has 0 unspecified atom stereocenters. The van der Waals surface area contributed by atoms with Gasteiger partial charge in [0.25, 0.3) is 0 Å². The summed E-state index contributed by atoms with van der Waals surface area (Å²) in [5.41, 5.74) is 7.51. The van der Waals surface area contributed by atoms with Crippen LogP contribution in [0.15, 0.2) is 70.2 Å². The van der Waals surface area contributed by atoms with Crippen molar-refractivity contribution in [3.8, 4) is 11.1 Å². The number of allylic oxidation sites excluding steroid dienone is 2. The number of pyridine rings is 2. The number of nitrogens with zero attached hydrogens (tertiary/aromatic N) is 4. The van der Waals surface area contributed by atoms with Gasteiger partial charge >= 0.3 is 0 Å². The van der Waals surface area contributed by atoms with Gasteiger partial charge in [0.05, 0.1) is 22.8 Å². The summed E-state index contributed by atoms with van der Waals surface area (Å²) in [6, 6.07) is 8.59. The number of fused-ring (bicyclic) bond motifs is 8. The van der Waals surface area contributed by atoms with Crippen LogP contribution < -0.4 is 0 Å². The Balaban J connectivity index is 1.84. The lowest BCUT2D eigenvalue weighted by Crippen LogP contribution is -2.38. The third-order valence-corrected chi connectivity index (χ3v) is 7.26. The molecule has 0 spiro atoms. The van der Waals surface area contributed by atoms with Gasteiger partial charge in [-0.05, 0) is 75.2 Å². The van der Waals surface area contributed by atoms with Gasteiger partial charge in [-0.3, -0.25) is 20.0 Å². The lowest BCUT2D eigenvalue weighted by Gasteiger charge is -2.33. The first-order chi connectivity index (χ1) is 14.8. The van der Waals surface area contributed by atoms with E-state index in [2.05, 4.69) is 91.8 Å².